The van der Waals surface area contributed by atoms with Crippen molar-refractivity contribution in [2.24, 2.45) is 0 Å². The maximum Gasteiger partial charge on any atom is 0.0999 e. The molecule has 2 aromatic rings. The molecule has 0 amide bonds. The van der Waals surface area contributed by atoms with E-state index in [0.717, 1.165) is 5.69 Å². The van der Waals surface area contributed by atoms with Crippen molar-refractivity contribution in [2.45, 2.75) is 6.92 Å². The molecule has 0 heterocycles. The Morgan fingerprint density at radius 2 is 1.85 bits per heavy atom. The SMILES string of the molecule is Cc1ccc(NC=Cc2c(Cl)cc(Cl)cc2C#N)cc1. The van der Waals surface area contributed by atoms with E-state index in [9.17, 15) is 0 Å². The second-order valence-electron chi connectivity index (χ2n) is 4.30. The molecule has 2 rings (SSSR count). The minimum absolute atomic E-state index is 0.449. The normalized spacial score (nSPS) is 10.5. The Bertz CT molecular complexity index is 683. The fraction of sp³-hybridized carbons (Fsp3) is 0.0625. The average Bonchev–Trinajstić information content (AvgIpc) is 2.42. The number of halogens is 2. The summed E-state index contributed by atoms with van der Waals surface area (Å²) < 4.78 is 0. The van der Waals surface area contributed by atoms with Crippen LogP contribution in [0, 0.1) is 18.3 Å². The van der Waals surface area contributed by atoms with Crippen molar-refractivity contribution in [1.82, 2.24) is 0 Å². The standard InChI is InChI=1S/C16H12Cl2N2/c1-11-2-4-14(5-3-11)20-7-6-15-12(10-19)8-13(17)9-16(15)18/h2-9,20H,1H3. The summed E-state index contributed by atoms with van der Waals surface area (Å²) in [6, 6.07) is 13.3. The Morgan fingerprint density at radius 3 is 2.50 bits per heavy atom. The van der Waals surface area contributed by atoms with Gasteiger partial charge in [0.15, 0.2) is 0 Å². The molecule has 0 bridgehead atoms. The molecule has 0 saturated carbocycles. The molecule has 0 unspecified atom stereocenters. The van der Waals surface area contributed by atoms with Crippen molar-refractivity contribution >= 4 is 35.0 Å². The third kappa shape index (κ3) is 3.54. The van der Waals surface area contributed by atoms with Gasteiger partial charge in [0, 0.05) is 22.5 Å². The predicted octanol–water partition coefficient (Wildman–Crippen LogP) is 5.26. The van der Waals surface area contributed by atoms with E-state index in [0.29, 0.717) is 21.2 Å². The van der Waals surface area contributed by atoms with E-state index >= 15 is 0 Å². The van der Waals surface area contributed by atoms with Gasteiger partial charge in [0.1, 0.15) is 0 Å². The van der Waals surface area contributed by atoms with Crippen LogP contribution in [-0.4, -0.2) is 0 Å². The molecule has 0 saturated heterocycles. The molecule has 2 nitrogen and oxygen atoms in total. The summed E-state index contributed by atoms with van der Waals surface area (Å²) >= 11 is 12.0. The highest BCUT2D eigenvalue weighted by Gasteiger charge is 2.05. The molecular formula is C16H12Cl2N2. The molecule has 0 aliphatic carbocycles. The highest BCUT2D eigenvalue weighted by Crippen LogP contribution is 2.26. The first-order chi connectivity index (χ1) is 9.60. The van der Waals surface area contributed by atoms with E-state index in [1.54, 1.807) is 24.4 Å². The molecule has 0 spiro atoms. The number of benzene rings is 2. The van der Waals surface area contributed by atoms with E-state index in [4.69, 9.17) is 28.5 Å². The van der Waals surface area contributed by atoms with Crippen LogP contribution in [-0.2, 0) is 0 Å². The van der Waals surface area contributed by atoms with Gasteiger partial charge in [-0.05, 0) is 37.3 Å². The first-order valence-corrected chi connectivity index (χ1v) is 6.74. The molecule has 4 heteroatoms. The van der Waals surface area contributed by atoms with Crippen LogP contribution in [0.4, 0.5) is 5.69 Å². The number of hydrogen-bond acceptors (Lipinski definition) is 2. The molecule has 0 fully saturated rings. The second-order valence-corrected chi connectivity index (χ2v) is 5.15. The van der Waals surface area contributed by atoms with Gasteiger partial charge in [-0.3, -0.25) is 0 Å². The number of hydrogen-bond donors (Lipinski definition) is 1. The fourth-order valence-corrected chi connectivity index (χ4v) is 2.27. The van der Waals surface area contributed by atoms with Crippen LogP contribution in [0.1, 0.15) is 16.7 Å². The van der Waals surface area contributed by atoms with Gasteiger partial charge < -0.3 is 5.32 Å². The number of nitrogens with zero attached hydrogens (tertiary/aromatic N) is 1. The Labute approximate surface area is 128 Å². The highest BCUT2D eigenvalue weighted by atomic mass is 35.5. The van der Waals surface area contributed by atoms with E-state index in [-0.39, 0.29) is 0 Å². The Kier molecular flexibility index (Phi) is 4.68. The summed E-state index contributed by atoms with van der Waals surface area (Å²) in [7, 11) is 0. The summed E-state index contributed by atoms with van der Waals surface area (Å²) in [4.78, 5) is 0. The van der Waals surface area contributed by atoms with E-state index in [2.05, 4.69) is 11.4 Å². The topological polar surface area (TPSA) is 35.8 Å². The number of anilines is 1. The first kappa shape index (κ1) is 14.5. The van der Waals surface area contributed by atoms with Crippen LogP contribution < -0.4 is 5.32 Å². The third-order valence-electron chi connectivity index (χ3n) is 2.77. The molecule has 2 aromatic carbocycles. The van der Waals surface area contributed by atoms with Crippen molar-refractivity contribution in [3.63, 3.8) is 0 Å². The molecule has 0 radical (unpaired) electrons. The van der Waals surface area contributed by atoms with Crippen LogP contribution in [0.25, 0.3) is 6.08 Å². The molecule has 1 N–H and O–H groups in total. The zero-order valence-corrected chi connectivity index (χ0v) is 12.3. The van der Waals surface area contributed by atoms with Gasteiger partial charge in [0.05, 0.1) is 16.7 Å². The number of aryl methyl sites for hydroxylation is 1. The van der Waals surface area contributed by atoms with Gasteiger partial charge in [0.25, 0.3) is 0 Å². The molecule has 0 aromatic heterocycles. The lowest BCUT2D eigenvalue weighted by atomic mass is 10.1. The smallest absolute Gasteiger partial charge is 0.0999 e. The summed E-state index contributed by atoms with van der Waals surface area (Å²) in [5, 5.41) is 13.1. The zero-order chi connectivity index (χ0) is 14.5. The summed E-state index contributed by atoms with van der Waals surface area (Å²) in [6.07, 6.45) is 3.51. The summed E-state index contributed by atoms with van der Waals surface area (Å²) in [6.45, 7) is 2.03. The molecule has 100 valence electrons. The second kappa shape index (κ2) is 6.47. The van der Waals surface area contributed by atoms with Gasteiger partial charge in [0.2, 0.25) is 0 Å². The van der Waals surface area contributed by atoms with Crippen LogP contribution >= 0.6 is 23.2 Å². The van der Waals surface area contributed by atoms with Crippen LogP contribution in [0.5, 0.6) is 0 Å². The minimum atomic E-state index is 0.449. The highest BCUT2D eigenvalue weighted by molar-refractivity contribution is 6.35. The average molecular weight is 303 g/mol. The van der Waals surface area contributed by atoms with Gasteiger partial charge in [-0.2, -0.15) is 5.26 Å². The lowest BCUT2D eigenvalue weighted by Gasteiger charge is -2.04. The number of rotatable bonds is 3. The lowest BCUT2D eigenvalue weighted by Crippen LogP contribution is -1.89. The van der Waals surface area contributed by atoms with Gasteiger partial charge in [-0.1, -0.05) is 40.9 Å². The molecule has 0 aliphatic rings. The fourth-order valence-electron chi connectivity index (χ4n) is 1.72. The van der Waals surface area contributed by atoms with Crippen LogP contribution in [0.15, 0.2) is 42.6 Å². The van der Waals surface area contributed by atoms with Gasteiger partial charge in [-0.25, -0.2) is 0 Å². The minimum Gasteiger partial charge on any atom is -0.362 e. The van der Waals surface area contributed by atoms with Crippen LogP contribution in [0.3, 0.4) is 0 Å². The molecule has 0 aliphatic heterocycles. The van der Waals surface area contributed by atoms with E-state index < -0.39 is 0 Å². The third-order valence-corrected chi connectivity index (χ3v) is 3.30. The van der Waals surface area contributed by atoms with Gasteiger partial charge in [-0.15, -0.1) is 0 Å². The van der Waals surface area contributed by atoms with Crippen molar-refractivity contribution in [3.05, 3.63) is 69.3 Å². The van der Waals surface area contributed by atoms with E-state index in [1.807, 2.05) is 31.2 Å². The predicted molar refractivity (Wildman–Crippen MR) is 85.0 cm³/mol. The Balaban J connectivity index is 2.20. The van der Waals surface area contributed by atoms with Crippen molar-refractivity contribution < 1.29 is 0 Å². The summed E-state index contributed by atoms with van der Waals surface area (Å²) in [5.74, 6) is 0. The number of nitriles is 1. The lowest BCUT2D eigenvalue weighted by molar-refractivity contribution is 1.45. The monoisotopic (exact) mass is 302 g/mol. The quantitative estimate of drug-likeness (QED) is 0.840. The number of nitrogens with one attached hydrogen (secondary N) is 1. The zero-order valence-electron chi connectivity index (χ0n) is 10.8. The maximum atomic E-state index is 9.09. The van der Waals surface area contributed by atoms with E-state index in [1.165, 1.54) is 5.56 Å². The first-order valence-electron chi connectivity index (χ1n) is 5.99. The van der Waals surface area contributed by atoms with Crippen molar-refractivity contribution in [1.29, 1.82) is 5.26 Å². The molecular weight excluding hydrogens is 291 g/mol. The van der Waals surface area contributed by atoms with Gasteiger partial charge >= 0.3 is 0 Å². The van der Waals surface area contributed by atoms with Crippen molar-refractivity contribution in [3.8, 4) is 6.07 Å². The molecule has 0 atom stereocenters. The van der Waals surface area contributed by atoms with Crippen LogP contribution in [0.2, 0.25) is 10.0 Å². The Morgan fingerprint density at radius 1 is 1.15 bits per heavy atom. The summed E-state index contributed by atoms with van der Waals surface area (Å²) in [5.41, 5.74) is 3.27. The molecule has 20 heavy (non-hydrogen) atoms. The van der Waals surface area contributed by atoms with Crippen molar-refractivity contribution in [2.75, 3.05) is 5.32 Å². The largest absolute Gasteiger partial charge is 0.362 e. The Hall–Kier alpha value is -1.95. The maximum absolute atomic E-state index is 9.09.